The quantitative estimate of drug-likeness (QED) is 0.393. The molecule has 0 aliphatic heterocycles. The van der Waals surface area contributed by atoms with E-state index in [1.807, 2.05) is 0 Å². The molecule has 7 heteroatoms. The summed E-state index contributed by atoms with van der Waals surface area (Å²) in [6, 6.07) is 4.46. The number of amides is 1. The number of hydrogen-bond acceptors (Lipinski definition) is 3. The van der Waals surface area contributed by atoms with E-state index in [-0.39, 0.29) is 21.3 Å². The number of halogens is 2. The molecule has 0 spiro atoms. The second kappa shape index (κ2) is 5.53. The third kappa shape index (κ3) is 2.69. The first-order valence-corrected chi connectivity index (χ1v) is 9.82. The fourth-order valence-electron chi connectivity index (χ4n) is 5.39. The molecule has 4 saturated carbocycles. The van der Waals surface area contributed by atoms with Crippen LogP contribution in [0, 0.1) is 27.4 Å². The molecule has 1 aromatic carbocycles. The molecule has 2 atom stereocenters. The van der Waals surface area contributed by atoms with Gasteiger partial charge in [-0.05, 0) is 72.4 Å². The molecule has 5 nitrogen and oxygen atoms in total. The van der Waals surface area contributed by atoms with Crippen LogP contribution in [0.1, 0.15) is 38.5 Å². The minimum atomic E-state index is -0.440. The van der Waals surface area contributed by atoms with Crippen molar-refractivity contribution >= 4 is 49.1 Å². The van der Waals surface area contributed by atoms with Crippen LogP contribution in [0.5, 0.6) is 0 Å². The van der Waals surface area contributed by atoms with Crippen molar-refractivity contribution in [1.82, 2.24) is 0 Å². The molecule has 1 aromatic rings. The van der Waals surface area contributed by atoms with Crippen molar-refractivity contribution < 1.29 is 9.72 Å². The van der Waals surface area contributed by atoms with E-state index in [1.54, 1.807) is 6.07 Å². The van der Waals surface area contributed by atoms with Crippen LogP contribution in [0.2, 0.25) is 0 Å². The highest BCUT2D eigenvalue weighted by Gasteiger charge is 2.59. The first-order chi connectivity index (χ1) is 11.3. The van der Waals surface area contributed by atoms with E-state index in [0.29, 0.717) is 22.0 Å². The zero-order chi connectivity index (χ0) is 17.1. The van der Waals surface area contributed by atoms with Crippen molar-refractivity contribution in [2.45, 2.75) is 42.8 Å². The predicted molar refractivity (Wildman–Crippen MR) is 98.2 cm³/mol. The maximum Gasteiger partial charge on any atom is 0.270 e. The molecule has 0 heterocycles. The number of rotatable bonds is 3. The van der Waals surface area contributed by atoms with Gasteiger partial charge in [0.25, 0.3) is 5.69 Å². The van der Waals surface area contributed by atoms with Crippen LogP contribution in [0.3, 0.4) is 0 Å². The molecule has 0 saturated heterocycles. The number of carbonyl (C=O) groups is 1. The Hall–Kier alpha value is -0.950. The molecular weight excluding hydrogens is 440 g/mol. The van der Waals surface area contributed by atoms with Crippen molar-refractivity contribution in [1.29, 1.82) is 0 Å². The summed E-state index contributed by atoms with van der Waals surface area (Å²) >= 11 is 7.26. The number of non-ortho nitro benzene ring substituents is 1. The first kappa shape index (κ1) is 16.5. The Morgan fingerprint density at radius 3 is 2.46 bits per heavy atom. The maximum atomic E-state index is 13.1. The number of nitro benzene ring substituents is 1. The molecule has 1 N–H and O–H groups in total. The smallest absolute Gasteiger partial charge is 0.270 e. The average Bonchev–Trinajstić information content (AvgIpc) is 2.46. The van der Waals surface area contributed by atoms with Crippen LogP contribution in [0.4, 0.5) is 11.4 Å². The lowest BCUT2D eigenvalue weighted by atomic mass is 9.49. The van der Waals surface area contributed by atoms with Gasteiger partial charge < -0.3 is 5.32 Å². The van der Waals surface area contributed by atoms with E-state index in [0.717, 1.165) is 19.3 Å². The van der Waals surface area contributed by atoms with Gasteiger partial charge in [0, 0.05) is 20.9 Å². The molecule has 4 bridgehead atoms. The van der Waals surface area contributed by atoms with Gasteiger partial charge in [0.15, 0.2) is 0 Å². The number of anilines is 1. The highest BCUT2D eigenvalue weighted by atomic mass is 79.9. The van der Waals surface area contributed by atoms with E-state index in [2.05, 4.69) is 37.2 Å². The summed E-state index contributed by atoms with van der Waals surface area (Å²) in [6.45, 7) is 0. The van der Waals surface area contributed by atoms with Crippen LogP contribution >= 0.6 is 31.9 Å². The molecule has 4 fully saturated rings. The molecule has 128 valence electrons. The zero-order valence-electron chi connectivity index (χ0n) is 13.1. The van der Waals surface area contributed by atoms with Crippen LogP contribution in [-0.4, -0.2) is 15.2 Å². The first-order valence-electron chi connectivity index (χ1n) is 8.23. The van der Waals surface area contributed by atoms with Crippen LogP contribution in [0.15, 0.2) is 22.7 Å². The third-order valence-corrected chi connectivity index (χ3v) is 7.47. The Bertz CT molecular complexity index is 723. The highest BCUT2D eigenvalue weighted by molar-refractivity contribution is 9.10. The number of hydrogen-bond donors (Lipinski definition) is 1. The van der Waals surface area contributed by atoms with Crippen LogP contribution < -0.4 is 5.32 Å². The average molecular weight is 458 g/mol. The fourth-order valence-corrected chi connectivity index (χ4v) is 7.31. The largest absolute Gasteiger partial charge is 0.325 e. The Kier molecular flexibility index (Phi) is 3.80. The summed E-state index contributed by atoms with van der Waals surface area (Å²) in [5, 5.41) is 13.9. The molecule has 0 aromatic heterocycles. The van der Waals surface area contributed by atoms with E-state index in [9.17, 15) is 14.9 Å². The topological polar surface area (TPSA) is 72.2 Å². The molecule has 0 unspecified atom stereocenters. The summed E-state index contributed by atoms with van der Waals surface area (Å²) in [5.41, 5.74) is 0.313. The van der Waals surface area contributed by atoms with Gasteiger partial charge in [-0.2, -0.15) is 0 Å². The van der Waals surface area contributed by atoms with Crippen molar-refractivity contribution in [3.63, 3.8) is 0 Å². The Morgan fingerprint density at radius 2 is 1.92 bits per heavy atom. The Labute approximate surface area is 157 Å². The summed E-state index contributed by atoms with van der Waals surface area (Å²) < 4.78 is 0.671. The summed E-state index contributed by atoms with van der Waals surface area (Å²) in [7, 11) is 0. The normalized spacial score (nSPS) is 36.6. The Morgan fingerprint density at radius 1 is 1.25 bits per heavy atom. The summed E-state index contributed by atoms with van der Waals surface area (Å²) in [6.07, 6.45) is 6.44. The minimum absolute atomic E-state index is 0.00842. The van der Waals surface area contributed by atoms with Crippen molar-refractivity contribution in [3.05, 3.63) is 32.8 Å². The molecule has 24 heavy (non-hydrogen) atoms. The van der Waals surface area contributed by atoms with Gasteiger partial charge in [0.2, 0.25) is 5.91 Å². The van der Waals surface area contributed by atoms with Gasteiger partial charge >= 0.3 is 0 Å². The number of alkyl halides is 1. The molecular formula is C17H18Br2N2O3. The van der Waals surface area contributed by atoms with Crippen molar-refractivity contribution in [2.75, 3.05) is 5.32 Å². The number of nitrogens with one attached hydrogen (secondary N) is 1. The second-order valence-electron chi connectivity index (χ2n) is 7.77. The van der Waals surface area contributed by atoms with Crippen LogP contribution in [0.25, 0.3) is 0 Å². The lowest BCUT2D eigenvalue weighted by molar-refractivity contribution is -0.384. The van der Waals surface area contributed by atoms with E-state index in [4.69, 9.17) is 0 Å². The summed E-state index contributed by atoms with van der Waals surface area (Å²) in [5.74, 6) is 1.34. The molecule has 0 radical (unpaired) electrons. The van der Waals surface area contributed by atoms with Gasteiger partial charge in [0.1, 0.15) is 0 Å². The summed E-state index contributed by atoms with van der Waals surface area (Å²) in [4.78, 5) is 23.5. The van der Waals surface area contributed by atoms with Gasteiger partial charge in [-0.25, -0.2) is 0 Å². The third-order valence-electron chi connectivity index (χ3n) is 5.88. The minimum Gasteiger partial charge on any atom is -0.325 e. The predicted octanol–water partition coefficient (Wildman–Crippen LogP) is 5.03. The van der Waals surface area contributed by atoms with Gasteiger partial charge in [-0.15, -0.1) is 0 Å². The molecule has 1 amide bonds. The standard InChI is InChI=1S/C17H18Br2N2O3/c18-13-4-12(21(23)24)1-2-14(13)20-15(22)16-5-10-3-11(6-16)8-17(19,7-10)9-16/h1-2,4,10-11H,3,5-9H2,(H,20,22)/t10-,11-,16?,17?/m0/s1. The lowest BCUT2D eigenvalue weighted by Crippen LogP contribution is -2.57. The fraction of sp³-hybridized carbons (Fsp3) is 0.588. The highest BCUT2D eigenvalue weighted by Crippen LogP contribution is 2.64. The van der Waals surface area contributed by atoms with Crippen molar-refractivity contribution in [3.8, 4) is 0 Å². The number of carbonyl (C=O) groups excluding carboxylic acids is 1. The Balaban J connectivity index is 1.58. The van der Waals surface area contributed by atoms with Gasteiger partial charge in [-0.1, -0.05) is 15.9 Å². The van der Waals surface area contributed by atoms with E-state index in [1.165, 1.54) is 31.4 Å². The van der Waals surface area contributed by atoms with Crippen LogP contribution in [-0.2, 0) is 4.79 Å². The lowest BCUT2D eigenvalue weighted by Gasteiger charge is -2.59. The number of nitrogens with zero attached hydrogens (tertiary/aromatic N) is 1. The number of benzene rings is 1. The maximum absolute atomic E-state index is 13.1. The zero-order valence-corrected chi connectivity index (χ0v) is 16.2. The molecule has 4 aliphatic carbocycles. The van der Waals surface area contributed by atoms with Gasteiger partial charge in [-0.3, -0.25) is 14.9 Å². The molecule has 5 rings (SSSR count). The second-order valence-corrected chi connectivity index (χ2v) is 10.3. The SMILES string of the molecule is O=C(Nc1ccc([N+](=O)[O-])cc1Br)C12C[C@@H]3C[C@H](CC(Br)(C3)C1)C2. The number of nitro groups is 1. The monoisotopic (exact) mass is 456 g/mol. The van der Waals surface area contributed by atoms with Gasteiger partial charge in [0.05, 0.1) is 16.0 Å². The van der Waals surface area contributed by atoms with E-state index >= 15 is 0 Å². The van der Waals surface area contributed by atoms with E-state index < -0.39 is 4.92 Å². The van der Waals surface area contributed by atoms with Crippen molar-refractivity contribution in [2.24, 2.45) is 17.3 Å². The molecule has 4 aliphatic rings.